The van der Waals surface area contributed by atoms with E-state index in [0.717, 1.165) is 13.0 Å². The van der Waals surface area contributed by atoms with Gasteiger partial charge in [0.2, 0.25) is 11.6 Å². The molecular weight excluding hydrogens is 492 g/mol. The third-order valence-electron chi connectivity index (χ3n) is 8.49. The van der Waals surface area contributed by atoms with Gasteiger partial charge in [-0.3, -0.25) is 14.4 Å². The lowest BCUT2D eigenvalue weighted by Crippen LogP contribution is -2.73. The maximum atomic E-state index is 14.2. The van der Waals surface area contributed by atoms with Crippen molar-refractivity contribution in [1.82, 2.24) is 0 Å². The molecule has 0 unspecified atom stereocenters. The molecule has 0 radical (unpaired) electrons. The Hall–Kier alpha value is -3.53. The Kier molecular flexibility index (Phi) is 6.91. The Bertz CT molecular complexity index is 1340. The van der Waals surface area contributed by atoms with Crippen molar-refractivity contribution in [3.05, 3.63) is 82.6 Å². The molecule has 38 heavy (non-hydrogen) atoms. The molecule has 0 amide bonds. The quantitative estimate of drug-likeness (QED) is 0.159. The molecular formula is C29H34O9. The summed E-state index contributed by atoms with van der Waals surface area (Å²) in [6.45, 7) is 9.43. The fourth-order valence-electron chi connectivity index (χ4n) is 5.98. The van der Waals surface area contributed by atoms with Gasteiger partial charge in [0.05, 0.1) is 5.41 Å². The van der Waals surface area contributed by atoms with E-state index in [1.807, 2.05) is 0 Å². The maximum Gasteiger partial charge on any atom is 0.217 e. The van der Waals surface area contributed by atoms with Gasteiger partial charge < -0.3 is 30.3 Å². The van der Waals surface area contributed by atoms with E-state index in [9.17, 15) is 39.9 Å². The first-order valence-electron chi connectivity index (χ1n) is 12.1. The number of allylic oxidation sites excluding steroid dienone is 9. The Balaban J connectivity index is 2.54. The Morgan fingerprint density at radius 1 is 0.763 bits per heavy atom. The average molecular weight is 527 g/mol. The number of fused-ring (bicyclic) bond motifs is 3. The lowest BCUT2D eigenvalue weighted by molar-refractivity contribution is -0.314. The van der Waals surface area contributed by atoms with E-state index < -0.39 is 68.0 Å². The summed E-state index contributed by atoms with van der Waals surface area (Å²) < 4.78 is 5.92. The zero-order valence-electron chi connectivity index (χ0n) is 22.5. The molecule has 2 aliphatic carbocycles. The third kappa shape index (κ3) is 3.19. The molecule has 1 heterocycles. The minimum atomic E-state index is -3.02. The highest BCUT2D eigenvalue weighted by Gasteiger charge is 2.88. The molecule has 0 aromatic rings. The van der Waals surface area contributed by atoms with Crippen molar-refractivity contribution in [3.8, 4) is 0 Å². The van der Waals surface area contributed by atoms with E-state index in [4.69, 9.17) is 4.74 Å². The number of aliphatic hydroxyl groups excluding tert-OH is 3. The molecule has 3 rings (SSSR count). The summed E-state index contributed by atoms with van der Waals surface area (Å²) in [6, 6.07) is 0. The van der Waals surface area contributed by atoms with Crippen molar-refractivity contribution in [2.45, 2.75) is 65.5 Å². The van der Waals surface area contributed by atoms with Gasteiger partial charge in [-0.05, 0) is 53.7 Å². The molecule has 5 N–H and O–H groups in total. The zero-order valence-corrected chi connectivity index (χ0v) is 22.5. The summed E-state index contributed by atoms with van der Waals surface area (Å²) in [5.41, 5.74) is -10.8. The molecule has 5 atom stereocenters. The molecule has 9 heteroatoms. The number of Topliss-reactive ketones (excluding diaryl/α,β-unsaturated/α-hetero) is 3. The summed E-state index contributed by atoms with van der Waals surface area (Å²) in [6.07, 6.45) is 11.6. The second kappa shape index (κ2) is 9.04. The SMILES string of the molecule is C/C=C/C=C/C(O)=C1/C(=O)[C@]2(C)[C@@](O)(O[C@]3(C)C(=O)C(C)=C(O)\C(=C(O)/C=C/C=C/C)[C@]23C)[C@@](C)(O)C1=O. The highest BCUT2D eigenvalue weighted by molar-refractivity contribution is 6.29. The van der Waals surface area contributed by atoms with Gasteiger partial charge in [-0.1, -0.05) is 43.4 Å². The smallest absolute Gasteiger partial charge is 0.217 e. The fourth-order valence-corrected chi connectivity index (χ4v) is 5.98. The molecule has 3 aliphatic rings. The van der Waals surface area contributed by atoms with Crippen molar-refractivity contribution in [3.63, 3.8) is 0 Å². The van der Waals surface area contributed by atoms with E-state index in [1.54, 1.807) is 32.1 Å². The van der Waals surface area contributed by atoms with Gasteiger partial charge >= 0.3 is 0 Å². The van der Waals surface area contributed by atoms with Gasteiger partial charge in [0.25, 0.3) is 0 Å². The first kappa shape index (κ1) is 29.0. The highest BCUT2D eigenvalue weighted by Crippen LogP contribution is 2.73. The number of aliphatic hydroxyl groups is 5. The van der Waals surface area contributed by atoms with Crippen LogP contribution in [0.5, 0.6) is 0 Å². The number of carbonyl (C=O) groups excluding carboxylic acids is 3. The van der Waals surface area contributed by atoms with Crippen LogP contribution in [0.3, 0.4) is 0 Å². The maximum absolute atomic E-state index is 14.2. The predicted molar refractivity (Wildman–Crippen MR) is 139 cm³/mol. The molecule has 0 aromatic carbocycles. The number of carbonyl (C=O) groups is 3. The van der Waals surface area contributed by atoms with Gasteiger partial charge in [0.1, 0.15) is 33.9 Å². The van der Waals surface area contributed by atoms with E-state index >= 15 is 0 Å². The fraction of sp³-hybridized carbons (Fsp3) is 0.414. The molecule has 204 valence electrons. The number of ether oxygens (including phenoxy) is 1. The highest BCUT2D eigenvalue weighted by atomic mass is 16.7. The van der Waals surface area contributed by atoms with Crippen molar-refractivity contribution in [1.29, 1.82) is 0 Å². The van der Waals surface area contributed by atoms with Crippen LogP contribution in [0.15, 0.2) is 82.6 Å². The Labute approximate surface area is 221 Å². The standard InChI is InChI=1S/C29H34O9/c1-8-10-12-14-17(30)19-23(34)26(5)25(4)20(18(31)15-13-11-9-2)21(32)16(3)22(33)28(25,7)38-29(26,37)27(6,36)24(19)35/h8-15,30-32,36-37H,1-7H3/b10-8+,11-9+,14-12+,15-13+,19-17+,20-18-/t25-,26+,27+,28-,29-/m1/s1. The molecule has 1 saturated heterocycles. The first-order valence-corrected chi connectivity index (χ1v) is 12.1. The lowest BCUT2D eigenvalue weighted by atomic mass is 9.44. The van der Waals surface area contributed by atoms with Gasteiger partial charge in [-0.15, -0.1) is 0 Å². The zero-order chi connectivity index (χ0) is 29.1. The van der Waals surface area contributed by atoms with Crippen LogP contribution in [0, 0.1) is 10.8 Å². The second-order valence-corrected chi connectivity index (χ2v) is 10.4. The van der Waals surface area contributed by atoms with Crippen LogP contribution in [-0.4, -0.2) is 59.9 Å². The third-order valence-corrected chi connectivity index (χ3v) is 8.49. The monoisotopic (exact) mass is 526 g/mol. The van der Waals surface area contributed by atoms with Crippen molar-refractivity contribution in [2.24, 2.45) is 10.8 Å². The largest absolute Gasteiger partial charge is 0.508 e. The number of ketones is 3. The van der Waals surface area contributed by atoms with Crippen molar-refractivity contribution < 1.29 is 44.7 Å². The summed E-state index contributed by atoms with van der Waals surface area (Å²) in [7, 11) is 0. The minimum Gasteiger partial charge on any atom is -0.508 e. The van der Waals surface area contributed by atoms with Crippen LogP contribution in [0.25, 0.3) is 0 Å². The predicted octanol–water partition coefficient (Wildman–Crippen LogP) is 3.68. The summed E-state index contributed by atoms with van der Waals surface area (Å²) in [5.74, 6) is -8.27. The average Bonchev–Trinajstić information content (AvgIpc) is 3.00. The second-order valence-electron chi connectivity index (χ2n) is 10.4. The van der Waals surface area contributed by atoms with E-state index in [1.165, 1.54) is 52.0 Å². The van der Waals surface area contributed by atoms with Crippen LogP contribution in [-0.2, 0) is 19.1 Å². The normalized spacial score (nSPS) is 40.7. The van der Waals surface area contributed by atoms with Gasteiger partial charge in [0, 0.05) is 11.1 Å². The summed E-state index contributed by atoms with van der Waals surface area (Å²) in [5, 5.41) is 56.6. The number of hydrogen-bond acceptors (Lipinski definition) is 9. The van der Waals surface area contributed by atoms with Crippen molar-refractivity contribution >= 4 is 17.3 Å². The van der Waals surface area contributed by atoms with Crippen LogP contribution < -0.4 is 0 Å². The van der Waals surface area contributed by atoms with E-state index in [0.29, 0.717) is 0 Å². The summed E-state index contributed by atoms with van der Waals surface area (Å²) >= 11 is 0. The molecule has 0 aromatic heterocycles. The van der Waals surface area contributed by atoms with E-state index in [-0.39, 0.29) is 11.1 Å². The topological polar surface area (TPSA) is 162 Å². The van der Waals surface area contributed by atoms with E-state index in [2.05, 4.69) is 0 Å². The first-order chi connectivity index (χ1) is 17.5. The van der Waals surface area contributed by atoms with Gasteiger partial charge in [-0.25, -0.2) is 0 Å². The van der Waals surface area contributed by atoms with Gasteiger partial charge in [0.15, 0.2) is 17.2 Å². The Morgan fingerprint density at radius 3 is 1.76 bits per heavy atom. The van der Waals surface area contributed by atoms with Crippen molar-refractivity contribution in [2.75, 3.05) is 0 Å². The molecule has 2 fully saturated rings. The Morgan fingerprint density at radius 2 is 1.26 bits per heavy atom. The van der Waals surface area contributed by atoms with Crippen LogP contribution in [0.2, 0.25) is 0 Å². The molecule has 0 spiro atoms. The minimum absolute atomic E-state index is 0.219. The molecule has 1 saturated carbocycles. The van der Waals surface area contributed by atoms with Gasteiger partial charge in [-0.2, -0.15) is 0 Å². The van der Waals surface area contributed by atoms with Crippen LogP contribution in [0.1, 0.15) is 48.5 Å². The summed E-state index contributed by atoms with van der Waals surface area (Å²) in [4.78, 5) is 41.3. The number of rotatable bonds is 4. The number of hydrogen-bond donors (Lipinski definition) is 5. The lowest BCUT2D eigenvalue weighted by Gasteiger charge is -2.54. The molecule has 0 bridgehead atoms. The molecule has 9 nitrogen and oxygen atoms in total. The van der Waals surface area contributed by atoms with Crippen LogP contribution in [0.4, 0.5) is 0 Å². The molecule has 1 aliphatic heterocycles. The van der Waals surface area contributed by atoms with Crippen LogP contribution >= 0.6 is 0 Å².